The highest BCUT2D eigenvalue weighted by molar-refractivity contribution is 5.81. The Morgan fingerprint density at radius 2 is 2.14 bits per heavy atom. The van der Waals surface area contributed by atoms with E-state index in [0.717, 1.165) is 0 Å². The van der Waals surface area contributed by atoms with Crippen LogP contribution in [0.2, 0.25) is 0 Å². The molecule has 0 saturated heterocycles. The summed E-state index contributed by atoms with van der Waals surface area (Å²) in [5.74, 6) is -0.0954. The van der Waals surface area contributed by atoms with E-state index in [1.165, 1.54) is 7.11 Å². The van der Waals surface area contributed by atoms with Gasteiger partial charge in [0.1, 0.15) is 6.10 Å². The molecule has 0 bridgehead atoms. The van der Waals surface area contributed by atoms with Crippen molar-refractivity contribution in [3.8, 4) is 0 Å². The molecule has 5 nitrogen and oxygen atoms in total. The Morgan fingerprint density at radius 3 is 2.43 bits per heavy atom. The molecule has 0 rings (SSSR count). The lowest BCUT2D eigenvalue weighted by atomic mass is 10.1. The third-order valence-electron chi connectivity index (χ3n) is 2.12. The van der Waals surface area contributed by atoms with Gasteiger partial charge in [0.05, 0.1) is 12.6 Å². The Hall–Kier alpha value is -0.650. The fraction of sp³-hybridized carbons (Fsp3) is 0.889. The van der Waals surface area contributed by atoms with Crippen molar-refractivity contribution in [3.05, 3.63) is 0 Å². The summed E-state index contributed by atoms with van der Waals surface area (Å²) < 4.78 is 4.87. The second-order valence-electron chi connectivity index (χ2n) is 3.50. The fourth-order valence-corrected chi connectivity index (χ4v) is 1.01. The molecule has 2 unspecified atom stereocenters. The lowest BCUT2D eigenvalue weighted by Gasteiger charge is -2.22. The van der Waals surface area contributed by atoms with Gasteiger partial charge in [-0.2, -0.15) is 0 Å². The van der Waals surface area contributed by atoms with Crippen molar-refractivity contribution >= 4 is 5.91 Å². The van der Waals surface area contributed by atoms with E-state index >= 15 is 0 Å². The van der Waals surface area contributed by atoms with Gasteiger partial charge in [0, 0.05) is 13.7 Å². The SMILES string of the molecule is COC(CN)C(=O)NC(CO)C(C)C. The first-order valence-electron chi connectivity index (χ1n) is 4.70. The molecule has 0 heterocycles. The maximum atomic E-state index is 11.5. The van der Waals surface area contributed by atoms with Gasteiger partial charge in [-0.3, -0.25) is 4.79 Å². The molecule has 14 heavy (non-hydrogen) atoms. The quantitative estimate of drug-likeness (QED) is 0.523. The monoisotopic (exact) mass is 204 g/mol. The number of rotatable bonds is 6. The molecule has 4 N–H and O–H groups in total. The zero-order valence-corrected chi connectivity index (χ0v) is 8.99. The van der Waals surface area contributed by atoms with Crippen LogP contribution in [0.3, 0.4) is 0 Å². The van der Waals surface area contributed by atoms with Crippen LogP contribution in [-0.2, 0) is 9.53 Å². The van der Waals surface area contributed by atoms with E-state index in [0.29, 0.717) is 0 Å². The maximum absolute atomic E-state index is 11.5. The van der Waals surface area contributed by atoms with Crippen molar-refractivity contribution in [2.24, 2.45) is 11.7 Å². The van der Waals surface area contributed by atoms with Gasteiger partial charge in [0.15, 0.2) is 0 Å². The van der Waals surface area contributed by atoms with Gasteiger partial charge in [0.25, 0.3) is 5.91 Å². The molecule has 5 heteroatoms. The molecular formula is C9H20N2O3. The van der Waals surface area contributed by atoms with Crippen LogP contribution in [0.5, 0.6) is 0 Å². The molecule has 0 aliphatic rings. The number of aliphatic hydroxyl groups is 1. The Bertz CT molecular complexity index is 169. The van der Waals surface area contributed by atoms with Crippen LogP contribution in [-0.4, -0.2) is 43.4 Å². The van der Waals surface area contributed by atoms with Crippen LogP contribution in [0.15, 0.2) is 0 Å². The second kappa shape index (κ2) is 6.75. The number of hydrogen-bond acceptors (Lipinski definition) is 4. The zero-order valence-electron chi connectivity index (χ0n) is 8.99. The minimum Gasteiger partial charge on any atom is -0.394 e. The van der Waals surface area contributed by atoms with Crippen molar-refractivity contribution < 1.29 is 14.6 Å². The first-order chi connectivity index (χ1) is 6.56. The van der Waals surface area contributed by atoms with Crippen LogP contribution in [0.4, 0.5) is 0 Å². The minimum absolute atomic E-state index is 0.0790. The summed E-state index contributed by atoms with van der Waals surface area (Å²) >= 11 is 0. The lowest BCUT2D eigenvalue weighted by Crippen LogP contribution is -2.48. The lowest BCUT2D eigenvalue weighted by molar-refractivity contribution is -0.131. The summed E-state index contributed by atoms with van der Waals surface area (Å²) in [6, 6.07) is -0.244. The van der Waals surface area contributed by atoms with Gasteiger partial charge in [-0.25, -0.2) is 0 Å². The molecule has 0 aromatic heterocycles. The van der Waals surface area contributed by atoms with Gasteiger partial charge in [-0.15, -0.1) is 0 Å². The van der Waals surface area contributed by atoms with Crippen molar-refractivity contribution in [2.75, 3.05) is 20.3 Å². The van der Waals surface area contributed by atoms with Crippen molar-refractivity contribution in [1.82, 2.24) is 5.32 Å². The van der Waals surface area contributed by atoms with Gasteiger partial charge in [0.2, 0.25) is 0 Å². The van der Waals surface area contributed by atoms with E-state index < -0.39 is 6.10 Å². The summed E-state index contributed by atoms with van der Waals surface area (Å²) in [5, 5.41) is 11.7. The van der Waals surface area contributed by atoms with Crippen LogP contribution >= 0.6 is 0 Å². The highest BCUT2D eigenvalue weighted by atomic mass is 16.5. The number of amides is 1. The van der Waals surface area contributed by atoms with E-state index in [9.17, 15) is 4.79 Å². The standard InChI is InChI=1S/C9H20N2O3/c1-6(2)7(5-12)11-9(13)8(4-10)14-3/h6-8,12H,4-5,10H2,1-3H3,(H,11,13). The number of carbonyl (C=O) groups is 1. The largest absolute Gasteiger partial charge is 0.394 e. The highest BCUT2D eigenvalue weighted by Gasteiger charge is 2.20. The molecule has 0 aliphatic heterocycles. The normalized spacial score (nSPS) is 15.3. The summed E-state index contributed by atoms with van der Waals surface area (Å²) in [5.41, 5.74) is 5.33. The van der Waals surface area contributed by atoms with Crippen molar-refractivity contribution in [3.63, 3.8) is 0 Å². The third-order valence-corrected chi connectivity index (χ3v) is 2.12. The molecule has 2 atom stereocenters. The van der Waals surface area contributed by atoms with Gasteiger partial charge in [-0.1, -0.05) is 13.8 Å². The molecule has 0 aromatic carbocycles. The molecule has 0 spiro atoms. The van der Waals surface area contributed by atoms with Gasteiger partial charge in [-0.05, 0) is 5.92 Å². The van der Waals surface area contributed by atoms with E-state index in [-0.39, 0.29) is 31.0 Å². The number of ether oxygens (including phenoxy) is 1. The average molecular weight is 204 g/mol. The summed E-state index contributed by atoms with van der Waals surface area (Å²) in [7, 11) is 1.43. The van der Waals surface area contributed by atoms with Crippen LogP contribution < -0.4 is 11.1 Å². The molecule has 1 amide bonds. The summed E-state index contributed by atoms with van der Waals surface area (Å²) in [6.07, 6.45) is -0.636. The number of methoxy groups -OCH3 is 1. The Morgan fingerprint density at radius 1 is 1.57 bits per heavy atom. The summed E-state index contributed by atoms with van der Waals surface area (Å²) in [6.45, 7) is 3.90. The molecular weight excluding hydrogens is 184 g/mol. The predicted octanol–water partition coefficient (Wildman–Crippen LogP) is -0.907. The predicted molar refractivity (Wildman–Crippen MR) is 53.7 cm³/mol. The Balaban J connectivity index is 4.13. The van der Waals surface area contributed by atoms with Crippen LogP contribution in [0, 0.1) is 5.92 Å². The minimum atomic E-state index is -0.636. The van der Waals surface area contributed by atoms with E-state index in [4.69, 9.17) is 15.6 Å². The zero-order chi connectivity index (χ0) is 11.1. The maximum Gasteiger partial charge on any atom is 0.250 e. The molecule has 0 aromatic rings. The second-order valence-corrected chi connectivity index (χ2v) is 3.50. The van der Waals surface area contributed by atoms with E-state index in [1.54, 1.807) is 0 Å². The molecule has 0 radical (unpaired) electrons. The van der Waals surface area contributed by atoms with E-state index in [2.05, 4.69) is 5.32 Å². The molecule has 0 aliphatic carbocycles. The van der Waals surface area contributed by atoms with Gasteiger partial charge < -0.3 is 20.9 Å². The summed E-state index contributed by atoms with van der Waals surface area (Å²) in [4.78, 5) is 11.5. The number of nitrogens with one attached hydrogen (secondary N) is 1. The number of nitrogens with two attached hydrogens (primary N) is 1. The average Bonchev–Trinajstić information content (AvgIpc) is 2.15. The molecule has 0 saturated carbocycles. The number of hydrogen-bond donors (Lipinski definition) is 3. The Kier molecular flexibility index (Phi) is 6.44. The topological polar surface area (TPSA) is 84.6 Å². The Labute approximate surface area is 84.6 Å². The van der Waals surface area contributed by atoms with Crippen LogP contribution in [0.1, 0.15) is 13.8 Å². The first-order valence-corrected chi connectivity index (χ1v) is 4.70. The number of carbonyl (C=O) groups excluding carboxylic acids is 1. The first kappa shape index (κ1) is 13.4. The third kappa shape index (κ3) is 4.04. The van der Waals surface area contributed by atoms with E-state index in [1.807, 2.05) is 13.8 Å². The van der Waals surface area contributed by atoms with Gasteiger partial charge >= 0.3 is 0 Å². The number of aliphatic hydroxyl groups excluding tert-OH is 1. The van der Waals surface area contributed by atoms with Crippen LogP contribution in [0.25, 0.3) is 0 Å². The van der Waals surface area contributed by atoms with Crippen molar-refractivity contribution in [2.45, 2.75) is 26.0 Å². The highest BCUT2D eigenvalue weighted by Crippen LogP contribution is 2.01. The fourth-order valence-electron chi connectivity index (χ4n) is 1.01. The molecule has 0 fully saturated rings. The smallest absolute Gasteiger partial charge is 0.250 e. The van der Waals surface area contributed by atoms with Crippen molar-refractivity contribution in [1.29, 1.82) is 0 Å². The molecule has 84 valence electrons.